The van der Waals surface area contributed by atoms with Crippen LogP contribution < -0.4 is 5.32 Å². The van der Waals surface area contributed by atoms with Gasteiger partial charge in [-0.2, -0.15) is 0 Å². The van der Waals surface area contributed by atoms with E-state index in [4.69, 9.17) is 18.9 Å². The molecule has 0 unspecified atom stereocenters. The fraction of sp³-hybridized carbons (Fsp3) is 0.900. The molecule has 0 saturated carbocycles. The first-order valence-electron chi connectivity index (χ1n) is 21.1. The Labute approximate surface area is 330 Å². The van der Waals surface area contributed by atoms with Crippen molar-refractivity contribution in [3.05, 3.63) is 0 Å². The van der Waals surface area contributed by atoms with Gasteiger partial charge in [0.1, 0.15) is 13.2 Å². The number of nitrogens with zero attached hydrogens (tertiary/aromatic N) is 2. The van der Waals surface area contributed by atoms with Crippen LogP contribution in [0, 0.1) is 0 Å². The molecular weight excluding hydrogens is 715 g/mol. The highest BCUT2D eigenvalue weighted by molar-refractivity contribution is 8.76. The molecule has 0 aromatic carbocycles. The SMILES string of the molecule is CCCCCCCCC(=O)OCCCCN(CCCCOC(=O)CCCCCCCC)C(=O)OCCSSCCOC(=O)NCCN1CCCCCC1. The van der Waals surface area contributed by atoms with Crippen LogP contribution >= 0.6 is 21.6 Å². The van der Waals surface area contributed by atoms with Crippen molar-refractivity contribution < 1.29 is 38.1 Å². The van der Waals surface area contributed by atoms with E-state index in [1.54, 1.807) is 26.5 Å². The van der Waals surface area contributed by atoms with Crippen LogP contribution in [0.4, 0.5) is 9.59 Å². The average Bonchev–Trinajstić information content (AvgIpc) is 3.43. The van der Waals surface area contributed by atoms with Crippen molar-refractivity contribution in [2.24, 2.45) is 0 Å². The molecule has 0 bridgehead atoms. The van der Waals surface area contributed by atoms with Crippen LogP contribution in [0.2, 0.25) is 0 Å². The molecule has 1 aliphatic rings. The van der Waals surface area contributed by atoms with Gasteiger partial charge in [-0.25, -0.2) is 9.59 Å². The third-order valence-electron chi connectivity index (χ3n) is 9.17. The highest BCUT2D eigenvalue weighted by atomic mass is 33.1. The molecule has 0 radical (unpaired) electrons. The number of carbonyl (C=O) groups excluding carboxylic acids is 4. The summed E-state index contributed by atoms with van der Waals surface area (Å²) in [7, 11) is 3.16. The lowest BCUT2D eigenvalue weighted by Gasteiger charge is -2.22. The summed E-state index contributed by atoms with van der Waals surface area (Å²) in [5.74, 6) is 0.977. The Morgan fingerprint density at radius 2 is 1.06 bits per heavy atom. The predicted octanol–water partition coefficient (Wildman–Crippen LogP) is 9.56. The summed E-state index contributed by atoms with van der Waals surface area (Å²) in [6.45, 7) is 10.4. The van der Waals surface area contributed by atoms with E-state index < -0.39 is 0 Å². The second-order valence-corrected chi connectivity index (χ2v) is 16.7. The third-order valence-corrected chi connectivity index (χ3v) is 11.5. The number of amides is 2. The van der Waals surface area contributed by atoms with E-state index in [0.29, 0.717) is 89.5 Å². The van der Waals surface area contributed by atoms with Gasteiger partial charge in [0.05, 0.1) is 13.2 Å². The number of unbranched alkanes of at least 4 members (excludes halogenated alkanes) is 12. The molecule has 13 heteroatoms. The summed E-state index contributed by atoms with van der Waals surface area (Å²) >= 11 is 0. The molecule has 0 atom stereocenters. The van der Waals surface area contributed by atoms with Crippen molar-refractivity contribution in [2.45, 2.75) is 155 Å². The van der Waals surface area contributed by atoms with Crippen molar-refractivity contribution in [3.63, 3.8) is 0 Å². The van der Waals surface area contributed by atoms with Gasteiger partial charge in [-0.1, -0.05) is 112 Å². The topological polar surface area (TPSA) is 124 Å². The summed E-state index contributed by atoms with van der Waals surface area (Å²) in [5.41, 5.74) is 0. The van der Waals surface area contributed by atoms with E-state index in [1.807, 2.05) is 0 Å². The van der Waals surface area contributed by atoms with Crippen LogP contribution in [0.1, 0.15) is 155 Å². The number of hydrogen-bond acceptors (Lipinski definition) is 11. The first-order valence-corrected chi connectivity index (χ1v) is 23.5. The van der Waals surface area contributed by atoms with Crippen molar-refractivity contribution in [1.29, 1.82) is 0 Å². The van der Waals surface area contributed by atoms with Crippen molar-refractivity contribution in [1.82, 2.24) is 15.1 Å². The van der Waals surface area contributed by atoms with Crippen LogP contribution in [0.15, 0.2) is 0 Å². The van der Waals surface area contributed by atoms with Crippen LogP contribution in [0.25, 0.3) is 0 Å². The molecular formula is C40H75N3O8S2. The summed E-state index contributed by atoms with van der Waals surface area (Å²) < 4.78 is 21.7. The monoisotopic (exact) mass is 789 g/mol. The maximum absolute atomic E-state index is 13.0. The number of likely N-dealkylation sites (tertiary alicyclic amines) is 1. The van der Waals surface area contributed by atoms with Crippen LogP contribution in [0.5, 0.6) is 0 Å². The smallest absolute Gasteiger partial charge is 0.409 e. The first kappa shape index (κ1) is 49.2. The van der Waals surface area contributed by atoms with E-state index in [0.717, 1.165) is 45.3 Å². The molecule has 0 aromatic rings. The molecule has 1 saturated heterocycles. The third kappa shape index (κ3) is 32.1. The highest BCUT2D eigenvalue weighted by Crippen LogP contribution is 2.20. The Balaban J connectivity index is 2.26. The predicted molar refractivity (Wildman–Crippen MR) is 218 cm³/mol. The van der Waals surface area contributed by atoms with Gasteiger partial charge in [-0.3, -0.25) is 9.59 Å². The van der Waals surface area contributed by atoms with Gasteiger partial charge in [0, 0.05) is 50.5 Å². The van der Waals surface area contributed by atoms with E-state index in [9.17, 15) is 19.2 Å². The summed E-state index contributed by atoms with van der Waals surface area (Å²) in [4.78, 5) is 53.2. The van der Waals surface area contributed by atoms with Crippen LogP contribution in [-0.4, -0.2) is 111 Å². The normalized spacial score (nSPS) is 13.2. The molecule has 0 aliphatic carbocycles. The number of hydrogen-bond donors (Lipinski definition) is 1. The molecule has 0 spiro atoms. The number of rotatable bonds is 34. The second kappa shape index (κ2) is 37.1. The molecule has 53 heavy (non-hydrogen) atoms. The molecule has 310 valence electrons. The maximum Gasteiger partial charge on any atom is 0.409 e. The Hall–Kier alpha value is -1.86. The Morgan fingerprint density at radius 1 is 0.566 bits per heavy atom. The molecule has 11 nitrogen and oxygen atoms in total. The molecule has 1 fully saturated rings. The minimum Gasteiger partial charge on any atom is -0.466 e. The highest BCUT2D eigenvalue weighted by Gasteiger charge is 2.15. The average molecular weight is 790 g/mol. The summed E-state index contributed by atoms with van der Waals surface area (Å²) in [5, 5.41) is 2.84. The number of ether oxygens (including phenoxy) is 4. The van der Waals surface area contributed by atoms with Crippen LogP contribution in [0.3, 0.4) is 0 Å². The van der Waals surface area contributed by atoms with E-state index in [2.05, 4.69) is 24.1 Å². The van der Waals surface area contributed by atoms with Crippen molar-refractivity contribution in [2.75, 3.05) is 77.2 Å². The standard InChI is InChI=1S/C40H75N3O8S2/c1-3-5-7-9-11-15-23-37(44)48-31-21-19-28-43(29-20-22-32-49-38(45)24-16-12-10-8-6-4-2)40(47)51-34-36-53-52-35-33-50-39(46)41-25-30-42-26-17-13-14-18-27-42/h3-36H2,1-2H3,(H,41,46). The fourth-order valence-corrected chi connectivity index (χ4v) is 7.64. The van der Waals surface area contributed by atoms with Gasteiger partial charge < -0.3 is 34.1 Å². The summed E-state index contributed by atoms with van der Waals surface area (Å²) in [6, 6.07) is 0. The zero-order valence-electron chi connectivity index (χ0n) is 33.5. The zero-order chi connectivity index (χ0) is 38.5. The number of esters is 2. The quantitative estimate of drug-likeness (QED) is 0.0290. The fourth-order valence-electron chi connectivity index (χ4n) is 5.99. The van der Waals surface area contributed by atoms with Gasteiger partial charge in [0.2, 0.25) is 0 Å². The van der Waals surface area contributed by atoms with Crippen molar-refractivity contribution in [3.8, 4) is 0 Å². The Kier molecular flexibility index (Phi) is 34.4. The van der Waals surface area contributed by atoms with Gasteiger partial charge >= 0.3 is 24.1 Å². The molecule has 1 heterocycles. The largest absolute Gasteiger partial charge is 0.466 e. The van der Waals surface area contributed by atoms with Gasteiger partial charge in [0.25, 0.3) is 0 Å². The van der Waals surface area contributed by atoms with E-state index in [-0.39, 0.29) is 30.7 Å². The van der Waals surface area contributed by atoms with Gasteiger partial charge in [-0.15, -0.1) is 0 Å². The Bertz CT molecular complexity index is 871. The number of nitrogens with one attached hydrogen (secondary N) is 1. The minimum absolute atomic E-state index is 0.147. The first-order chi connectivity index (χ1) is 26.0. The number of carbonyl (C=O) groups is 4. The minimum atomic E-state index is -0.378. The second-order valence-electron chi connectivity index (χ2n) is 14.0. The molecule has 2 amide bonds. The maximum atomic E-state index is 13.0. The lowest BCUT2D eigenvalue weighted by molar-refractivity contribution is -0.144. The van der Waals surface area contributed by atoms with Crippen molar-refractivity contribution >= 4 is 45.7 Å². The van der Waals surface area contributed by atoms with Gasteiger partial charge in [0.15, 0.2) is 0 Å². The zero-order valence-corrected chi connectivity index (χ0v) is 35.2. The van der Waals surface area contributed by atoms with E-state index in [1.165, 1.54) is 77.0 Å². The summed E-state index contributed by atoms with van der Waals surface area (Å²) in [6.07, 6.45) is 21.6. The molecule has 1 aliphatic heterocycles. The lowest BCUT2D eigenvalue weighted by atomic mass is 10.1. The molecule has 1 N–H and O–H groups in total. The lowest BCUT2D eigenvalue weighted by Crippen LogP contribution is -2.35. The molecule has 0 aromatic heterocycles. The number of alkyl carbamates (subject to hydrolysis) is 1. The van der Waals surface area contributed by atoms with E-state index >= 15 is 0 Å². The van der Waals surface area contributed by atoms with Crippen LogP contribution in [-0.2, 0) is 28.5 Å². The molecule has 1 rings (SSSR count). The Morgan fingerprint density at radius 3 is 1.58 bits per heavy atom. The van der Waals surface area contributed by atoms with Gasteiger partial charge in [-0.05, 0) is 64.5 Å².